The van der Waals surface area contributed by atoms with Gasteiger partial charge in [-0.1, -0.05) is 41.5 Å². The van der Waals surface area contributed by atoms with E-state index >= 15 is 0 Å². The Kier molecular flexibility index (Phi) is 3.68. The van der Waals surface area contributed by atoms with Crippen LogP contribution in [0.5, 0.6) is 0 Å². The van der Waals surface area contributed by atoms with Crippen LogP contribution in [0.25, 0.3) is 0 Å². The van der Waals surface area contributed by atoms with Crippen LogP contribution in [0.1, 0.15) is 28.2 Å². The van der Waals surface area contributed by atoms with Crippen molar-refractivity contribution >= 4 is 5.69 Å². The highest BCUT2D eigenvalue weighted by Crippen LogP contribution is 2.26. The largest absolute Gasteiger partial charge is 0.399 e. The van der Waals surface area contributed by atoms with Crippen molar-refractivity contribution in [2.45, 2.75) is 19.8 Å². The lowest BCUT2D eigenvalue weighted by Gasteiger charge is -2.17. The van der Waals surface area contributed by atoms with Crippen LogP contribution in [0.3, 0.4) is 0 Å². The SMILES string of the molecule is Cc1cc(C)cc(C(CN)c2ccc(N)cc2)c1. The fourth-order valence-corrected chi connectivity index (χ4v) is 2.40. The molecule has 0 radical (unpaired) electrons. The van der Waals surface area contributed by atoms with Gasteiger partial charge >= 0.3 is 0 Å². The molecule has 2 rings (SSSR count). The van der Waals surface area contributed by atoms with Crippen LogP contribution in [0.15, 0.2) is 42.5 Å². The fourth-order valence-electron chi connectivity index (χ4n) is 2.40. The Morgan fingerprint density at radius 1 is 0.889 bits per heavy atom. The summed E-state index contributed by atoms with van der Waals surface area (Å²) in [4.78, 5) is 0. The first-order valence-electron chi connectivity index (χ1n) is 6.24. The van der Waals surface area contributed by atoms with E-state index in [1.165, 1.54) is 22.3 Å². The number of anilines is 1. The van der Waals surface area contributed by atoms with E-state index in [9.17, 15) is 0 Å². The number of nitrogens with two attached hydrogens (primary N) is 2. The smallest absolute Gasteiger partial charge is 0.0314 e. The zero-order valence-electron chi connectivity index (χ0n) is 11.0. The molecule has 4 N–H and O–H groups in total. The predicted octanol–water partition coefficient (Wildman–Crippen LogP) is 2.98. The summed E-state index contributed by atoms with van der Waals surface area (Å²) in [6.07, 6.45) is 0. The first-order chi connectivity index (χ1) is 8.60. The fraction of sp³-hybridized carbons (Fsp3) is 0.250. The summed E-state index contributed by atoms with van der Waals surface area (Å²) in [7, 11) is 0. The Labute approximate surface area is 109 Å². The third-order valence-electron chi connectivity index (χ3n) is 3.22. The van der Waals surface area contributed by atoms with Crippen molar-refractivity contribution in [3.05, 3.63) is 64.7 Å². The molecule has 0 spiro atoms. The molecule has 0 fully saturated rings. The number of hydrogen-bond donors (Lipinski definition) is 2. The molecule has 1 unspecified atom stereocenters. The Hall–Kier alpha value is -1.80. The van der Waals surface area contributed by atoms with Gasteiger partial charge in [0.25, 0.3) is 0 Å². The Morgan fingerprint density at radius 3 is 1.94 bits per heavy atom. The van der Waals surface area contributed by atoms with E-state index in [4.69, 9.17) is 11.5 Å². The minimum atomic E-state index is 0.240. The van der Waals surface area contributed by atoms with Gasteiger partial charge in [0.1, 0.15) is 0 Å². The van der Waals surface area contributed by atoms with E-state index in [2.05, 4.69) is 44.2 Å². The average molecular weight is 240 g/mol. The van der Waals surface area contributed by atoms with Gasteiger partial charge in [-0.3, -0.25) is 0 Å². The van der Waals surface area contributed by atoms with Crippen LogP contribution in [0.4, 0.5) is 5.69 Å². The molecule has 0 aliphatic heterocycles. The highest BCUT2D eigenvalue weighted by Gasteiger charge is 2.12. The molecule has 0 saturated carbocycles. The molecule has 0 amide bonds. The summed E-state index contributed by atoms with van der Waals surface area (Å²) in [6, 6.07) is 14.6. The zero-order chi connectivity index (χ0) is 13.1. The van der Waals surface area contributed by atoms with Gasteiger partial charge in [0.2, 0.25) is 0 Å². The minimum absolute atomic E-state index is 0.240. The van der Waals surface area contributed by atoms with Gasteiger partial charge in [0.05, 0.1) is 0 Å². The molecule has 0 aromatic heterocycles. The second-order valence-corrected chi connectivity index (χ2v) is 4.88. The molecule has 1 atom stereocenters. The van der Waals surface area contributed by atoms with Gasteiger partial charge in [0.15, 0.2) is 0 Å². The summed E-state index contributed by atoms with van der Waals surface area (Å²) in [5.74, 6) is 0.240. The number of nitrogen functional groups attached to an aromatic ring is 1. The Balaban J connectivity index is 2.41. The minimum Gasteiger partial charge on any atom is -0.399 e. The van der Waals surface area contributed by atoms with Gasteiger partial charge in [-0.15, -0.1) is 0 Å². The molecule has 94 valence electrons. The normalized spacial score (nSPS) is 12.4. The molecule has 0 bridgehead atoms. The summed E-state index contributed by atoms with van der Waals surface area (Å²) in [5, 5.41) is 0. The van der Waals surface area contributed by atoms with Crippen molar-refractivity contribution in [2.75, 3.05) is 12.3 Å². The van der Waals surface area contributed by atoms with Crippen LogP contribution in [0.2, 0.25) is 0 Å². The molecule has 2 aromatic carbocycles. The molecule has 0 aliphatic rings. The second-order valence-electron chi connectivity index (χ2n) is 4.88. The molecule has 0 saturated heterocycles. The third kappa shape index (κ3) is 2.71. The summed E-state index contributed by atoms with van der Waals surface area (Å²) >= 11 is 0. The van der Waals surface area contributed by atoms with Crippen LogP contribution < -0.4 is 11.5 Å². The van der Waals surface area contributed by atoms with Crippen LogP contribution in [-0.4, -0.2) is 6.54 Å². The monoisotopic (exact) mass is 240 g/mol. The van der Waals surface area contributed by atoms with E-state index in [1.807, 2.05) is 12.1 Å². The molecule has 0 heterocycles. The van der Waals surface area contributed by atoms with Crippen molar-refractivity contribution in [3.63, 3.8) is 0 Å². The van der Waals surface area contributed by atoms with Crippen molar-refractivity contribution in [1.29, 1.82) is 0 Å². The van der Waals surface area contributed by atoms with Crippen molar-refractivity contribution in [3.8, 4) is 0 Å². The number of hydrogen-bond acceptors (Lipinski definition) is 2. The van der Waals surface area contributed by atoms with Gasteiger partial charge in [-0.25, -0.2) is 0 Å². The lowest BCUT2D eigenvalue weighted by Crippen LogP contribution is -2.14. The average Bonchev–Trinajstić information content (AvgIpc) is 2.31. The van der Waals surface area contributed by atoms with E-state index in [-0.39, 0.29) is 5.92 Å². The zero-order valence-corrected chi connectivity index (χ0v) is 11.0. The van der Waals surface area contributed by atoms with Gasteiger partial charge in [-0.05, 0) is 37.1 Å². The summed E-state index contributed by atoms with van der Waals surface area (Å²) in [5.41, 5.74) is 17.5. The van der Waals surface area contributed by atoms with E-state index in [1.54, 1.807) is 0 Å². The van der Waals surface area contributed by atoms with Gasteiger partial charge in [-0.2, -0.15) is 0 Å². The van der Waals surface area contributed by atoms with E-state index < -0.39 is 0 Å². The highest BCUT2D eigenvalue weighted by molar-refractivity contribution is 5.44. The van der Waals surface area contributed by atoms with Gasteiger partial charge in [0, 0.05) is 18.2 Å². The second kappa shape index (κ2) is 5.23. The summed E-state index contributed by atoms with van der Waals surface area (Å²) in [6.45, 7) is 4.84. The van der Waals surface area contributed by atoms with Crippen molar-refractivity contribution in [2.24, 2.45) is 5.73 Å². The first kappa shape index (κ1) is 12.7. The van der Waals surface area contributed by atoms with Crippen LogP contribution in [0, 0.1) is 13.8 Å². The maximum atomic E-state index is 5.94. The third-order valence-corrected chi connectivity index (χ3v) is 3.22. The standard InChI is InChI=1S/C16H20N2/c1-11-7-12(2)9-14(8-11)16(10-17)13-3-5-15(18)6-4-13/h3-9,16H,10,17-18H2,1-2H3. The maximum absolute atomic E-state index is 5.94. The van der Waals surface area contributed by atoms with Crippen molar-refractivity contribution < 1.29 is 0 Å². The summed E-state index contributed by atoms with van der Waals surface area (Å²) < 4.78 is 0. The lowest BCUT2D eigenvalue weighted by molar-refractivity contribution is 0.817. The quantitative estimate of drug-likeness (QED) is 0.810. The topological polar surface area (TPSA) is 52.0 Å². The Bertz CT molecular complexity index is 509. The molecule has 2 nitrogen and oxygen atoms in total. The van der Waals surface area contributed by atoms with Gasteiger partial charge < -0.3 is 11.5 Å². The molecule has 18 heavy (non-hydrogen) atoms. The number of aryl methyl sites for hydroxylation is 2. The molecular formula is C16H20N2. The molecule has 2 aromatic rings. The number of benzene rings is 2. The number of rotatable bonds is 3. The van der Waals surface area contributed by atoms with E-state index in [0.29, 0.717) is 6.54 Å². The van der Waals surface area contributed by atoms with Crippen molar-refractivity contribution in [1.82, 2.24) is 0 Å². The van der Waals surface area contributed by atoms with Crippen LogP contribution >= 0.6 is 0 Å². The molecular weight excluding hydrogens is 220 g/mol. The molecule has 2 heteroatoms. The highest BCUT2D eigenvalue weighted by atomic mass is 14.6. The molecule has 0 aliphatic carbocycles. The lowest BCUT2D eigenvalue weighted by atomic mass is 9.89. The maximum Gasteiger partial charge on any atom is 0.0314 e. The van der Waals surface area contributed by atoms with E-state index in [0.717, 1.165) is 5.69 Å². The first-order valence-corrected chi connectivity index (χ1v) is 6.24. The predicted molar refractivity (Wildman–Crippen MR) is 77.7 cm³/mol. The van der Waals surface area contributed by atoms with Crippen LogP contribution in [-0.2, 0) is 0 Å². The Morgan fingerprint density at radius 2 is 1.44 bits per heavy atom.